The Balaban J connectivity index is 0. The summed E-state index contributed by atoms with van der Waals surface area (Å²) in [5.74, 6) is -5.21. The van der Waals surface area contributed by atoms with E-state index in [-0.39, 0.29) is 0 Å². The smallest absolute Gasteiger partial charge is 0.305 e. The molecule has 0 amide bonds. The second kappa shape index (κ2) is 17.2. The van der Waals surface area contributed by atoms with Crippen LogP contribution in [0.15, 0.2) is 0 Å². The van der Waals surface area contributed by atoms with Crippen LogP contribution < -0.4 is 0 Å². The number of hydrogen-bond donors (Lipinski definition) is 0. The minimum atomic E-state index is -3.70. The Labute approximate surface area is 159 Å². The summed E-state index contributed by atoms with van der Waals surface area (Å²) in [7, 11) is 3.68. The largest absolute Gasteiger partial charge is 0.469 e. The van der Waals surface area contributed by atoms with Crippen molar-refractivity contribution in [1.82, 2.24) is 0 Å². The summed E-state index contributed by atoms with van der Waals surface area (Å²) >= 11 is 0. The van der Waals surface area contributed by atoms with Crippen LogP contribution in [0.2, 0.25) is 0 Å². The van der Waals surface area contributed by atoms with Crippen LogP contribution in [0.1, 0.15) is 67.5 Å². The maximum absolute atomic E-state index is 11.3. The van der Waals surface area contributed by atoms with Gasteiger partial charge in [0.2, 0.25) is 0 Å². The molecule has 0 saturated carbocycles. The normalized spacial score (nSPS) is 20.2. The molecule has 0 heterocycles. The van der Waals surface area contributed by atoms with Crippen LogP contribution in [-0.2, 0) is 38.1 Å². The predicted octanol–water partition coefficient (Wildman–Crippen LogP) is 1.79. The average Bonchev–Trinajstić information content (AvgIpc) is 2.76. The highest BCUT2D eigenvalue weighted by Gasteiger charge is 2.03. The van der Waals surface area contributed by atoms with Gasteiger partial charge in [-0.15, -0.1) is 0 Å². The van der Waals surface area contributed by atoms with Gasteiger partial charge in [-0.25, -0.2) is 0 Å². The van der Waals surface area contributed by atoms with Gasteiger partial charge in [0.05, 0.1) is 28.4 Å². The van der Waals surface area contributed by atoms with E-state index in [0.29, 0.717) is 0 Å². The van der Waals surface area contributed by atoms with Crippen LogP contribution in [0.3, 0.4) is 0 Å². The van der Waals surface area contributed by atoms with Crippen molar-refractivity contribution < 1.29 is 54.6 Å². The molecule has 0 saturated heterocycles. The molecule has 0 fully saturated rings. The highest BCUT2D eigenvalue weighted by atomic mass is 16.5. The summed E-state index contributed by atoms with van der Waals surface area (Å²) in [6.45, 7) is 0. The zero-order valence-electron chi connectivity index (χ0n) is 25.7. The van der Waals surface area contributed by atoms with Crippen LogP contribution in [0.4, 0.5) is 0 Å². The van der Waals surface area contributed by atoms with Gasteiger partial charge in [-0.2, -0.15) is 0 Å². The lowest BCUT2D eigenvalue weighted by atomic mass is 10.2. The molecule has 0 unspecified atom stereocenters. The van der Waals surface area contributed by atoms with Gasteiger partial charge in [0, 0.05) is 42.0 Å². The minimum absolute atomic E-state index is 0.756. The van der Waals surface area contributed by atoms with Crippen LogP contribution in [0.5, 0.6) is 0 Å². The quantitative estimate of drug-likeness (QED) is 0.429. The summed E-state index contributed by atoms with van der Waals surface area (Å²) in [6.07, 6.45) is -20.9. The third-order valence-electron chi connectivity index (χ3n) is 1.81. The van der Waals surface area contributed by atoms with Crippen LogP contribution >= 0.6 is 0 Å². The van der Waals surface area contributed by atoms with Gasteiger partial charge in [0.25, 0.3) is 0 Å². The van der Waals surface area contributed by atoms with Crippen molar-refractivity contribution in [1.29, 1.82) is 0 Å². The standard InChI is InChI=1S/2C8H14O4/c2*1-11-7(9)5-3-4-6-8(10)12-2/h2*3-6H2,1-2H3/i3D2,4D2,5D2,6D2;3D2,4D2. The third-order valence-corrected chi connectivity index (χ3v) is 1.81. The number of carbonyl (C=O) groups excluding carboxylic acids is 4. The molecule has 0 spiro atoms. The van der Waals surface area contributed by atoms with E-state index in [9.17, 15) is 19.2 Å². The topological polar surface area (TPSA) is 105 Å². The Morgan fingerprint density at radius 2 is 0.875 bits per heavy atom. The van der Waals surface area contributed by atoms with E-state index in [0.717, 1.165) is 28.4 Å². The summed E-state index contributed by atoms with van der Waals surface area (Å²) in [5.41, 5.74) is 0. The summed E-state index contributed by atoms with van der Waals surface area (Å²) in [4.78, 5) is 44.3. The van der Waals surface area contributed by atoms with Crippen molar-refractivity contribution >= 4 is 23.9 Å². The highest BCUT2D eigenvalue weighted by Crippen LogP contribution is 2.02. The first-order valence-electron chi connectivity index (χ1n) is 12.2. The number of ether oxygens (including phenoxy) is 4. The molecule has 0 N–H and O–H groups in total. The minimum Gasteiger partial charge on any atom is -0.469 e. The van der Waals surface area contributed by atoms with Gasteiger partial charge in [0.1, 0.15) is 0 Å². The Bertz CT molecular complexity index is 747. The number of esters is 4. The fourth-order valence-electron chi connectivity index (χ4n) is 0.680. The van der Waals surface area contributed by atoms with Gasteiger partial charge in [-0.05, 0) is 25.5 Å². The lowest BCUT2D eigenvalue weighted by Gasteiger charge is -1.98. The molecule has 0 radical (unpaired) electrons. The highest BCUT2D eigenvalue weighted by molar-refractivity contribution is 5.70. The zero-order chi connectivity index (χ0) is 29.6. The summed E-state index contributed by atoms with van der Waals surface area (Å²) < 4.78 is 105. The van der Waals surface area contributed by atoms with E-state index in [4.69, 9.17) is 16.4 Å². The maximum Gasteiger partial charge on any atom is 0.305 e. The fourth-order valence-corrected chi connectivity index (χ4v) is 0.680. The summed E-state index contributed by atoms with van der Waals surface area (Å²) in [5, 5.41) is 0. The van der Waals surface area contributed by atoms with Crippen LogP contribution in [0, 0.1) is 0 Å². The summed E-state index contributed by atoms with van der Waals surface area (Å²) in [6, 6.07) is 0. The van der Waals surface area contributed by atoms with E-state index in [1.54, 1.807) is 0 Å². The van der Waals surface area contributed by atoms with Crippen molar-refractivity contribution in [2.75, 3.05) is 28.4 Å². The average molecular weight is 360 g/mol. The van der Waals surface area contributed by atoms with Crippen molar-refractivity contribution in [3.05, 3.63) is 0 Å². The van der Waals surface area contributed by atoms with Gasteiger partial charge < -0.3 is 18.9 Å². The van der Waals surface area contributed by atoms with Crippen LogP contribution in [-0.4, -0.2) is 52.3 Å². The SMILES string of the molecule is [2H]C([2H])(C(=O)OC)C([2H])([2H])C([2H])([2H])C([2H])([2H])C(=O)OC.[2H]C([2H])(CC(=O)OC)C([2H])([2H])CC(=O)OC. The van der Waals surface area contributed by atoms with Gasteiger partial charge in [0.15, 0.2) is 0 Å². The van der Waals surface area contributed by atoms with Crippen molar-refractivity contribution in [3.63, 3.8) is 0 Å². The molecule has 0 aliphatic carbocycles. The predicted molar refractivity (Wildman–Crippen MR) is 85.0 cm³/mol. The van der Waals surface area contributed by atoms with Gasteiger partial charge in [-0.1, -0.05) is 0 Å². The van der Waals surface area contributed by atoms with Crippen molar-refractivity contribution in [2.45, 2.75) is 51.1 Å². The van der Waals surface area contributed by atoms with E-state index in [2.05, 4.69) is 18.9 Å². The molecule has 0 aromatic heterocycles. The molecule has 0 bridgehead atoms. The number of methoxy groups -OCH3 is 4. The molecule has 8 nitrogen and oxygen atoms in total. The Morgan fingerprint density at radius 1 is 0.583 bits per heavy atom. The second-order valence-corrected chi connectivity index (χ2v) is 3.34. The molecule has 0 atom stereocenters. The Morgan fingerprint density at radius 3 is 1.12 bits per heavy atom. The zero-order valence-corrected chi connectivity index (χ0v) is 13.7. The molecule has 24 heavy (non-hydrogen) atoms. The van der Waals surface area contributed by atoms with Gasteiger partial charge in [-0.3, -0.25) is 19.2 Å². The first-order chi connectivity index (χ1) is 15.9. The Hall–Kier alpha value is -2.12. The third kappa shape index (κ3) is 17.9. The monoisotopic (exact) mass is 360 g/mol. The van der Waals surface area contributed by atoms with E-state index in [1.165, 1.54) is 0 Å². The molecule has 0 aromatic rings. The first-order valence-corrected chi connectivity index (χ1v) is 6.18. The number of carbonyl (C=O) groups is 4. The van der Waals surface area contributed by atoms with E-state index >= 15 is 0 Å². The van der Waals surface area contributed by atoms with Gasteiger partial charge >= 0.3 is 23.9 Å². The van der Waals surface area contributed by atoms with Crippen LogP contribution in [0.25, 0.3) is 0 Å². The number of rotatable bonds is 10. The Kier molecular flexibility index (Phi) is 6.74. The lowest BCUT2D eigenvalue weighted by molar-refractivity contribution is -0.142. The maximum atomic E-state index is 11.3. The van der Waals surface area contributed by atoms with E-state index in [1.807, 2.05) is 0 Å². The first kappa shape index (κ1) is 9.39. The molecule has 0 aromatic carbocycles. The van der Waals surface area contributed by atoms with Crippen molar-refractivity contribution in [3.8, 4) is 0 Å². The molecular weight excluding hydrogens is 320 g/mol. The number of hydrogen-bond acceptors (Lipinski definition) is 8. The molecular formula is C16H28O8. The van der Waals surface area contributed by atoms with Crippen molar-refractivity contribution in [2.24, 2.45) is 0 Å². The fraction of sp³-hybridized carbons (Fsp3) is 0.750. The molecule has 0 rings (SSSR count). The van der Waals surface area contributed by atoms with E-state index < -0.39 is 75.0 Å². The molecule has 0 aliphatic heterocycles. The second-order valence-electron chi connectivity index (χ2n) is 3.34. The lowest BCUT2D eigenvalue weighted by Crippen LogP contribution is -2.02. The molecule has 8 heteroatoms. The molecule has 0 aliphatic rings. The molecule has 140 valence electrons.